The van der Waals surface area contributed by atoms with Crippen LogP contribution in [0.4, 0.5) is 5.82 Å². The average Bonchev–Trinajstić information content (AvgIpc) is 2.64. The van der Waals surface area contributed by atoms with E-state index in [1.54, 1.807) is 19.2 Å². The maximum absolute atomic E-state index is 14.1. The van der Waals surface area contributed by atoms with Gasteiger partial charge in [-0.15, -0.1) is 0 Å². The molecule has 0 amide bonds. The molecule has 1 aromatic carbocycles. The Kier molecular flexibility index (Phi) is 7.78. The second-order valence-electron chi connectivity index (χ2n) is 8.01. The van der Waals surface area contributed by atoms with E-state index in [9.17, 15) is 9.67 Å². The van der Waals surface area contributed by atoms with E-state index in [1.807, 2.05) is 47.6 Å². The molecule has 2 atom stereocenters. The van der Waals surface area contributed by atoms with Gasteiger partial charge in [0.05, 0.1) is 13.2 Å². The van der Waals surface area contributed by atoms with E-state index in [0.29, 0.717) is 17.1 Å². The van der Waals surface area contributed by atoms with Crippen molar-refractivity contribution in [2.24, 2.45) is 5.92 Å². The predicted octanol–water partition coefficient (Wildman–Crippen LogP) is 5.81. The highest BCUT2D eigenvalue weighted by Crippen LogP contribution is 2.57. The monoisotopic (exact) mass is 436 g/mol. The van der Waals surface area contributed by atoms with Crippen molar-refractivity contribution in [1.82, 2.24) is 4.98 Å². The normalized spacial score (nSPS) is 14.5. The Morgan fingerprint density at radius 1 is 1.10 bits per heavy atom. The first-order valence-electron chi connectivity index (χ1n) is 10.0. The van der Waals surface area contributed by atoms with E-state index in [2.05, 4.69) is 10.3 Å². The molecule has 0 bridgehead atoms. The number of nitrogens with zero attached hydrogens (tertiary/aromatic N) is 1. The van der Waals surface area contributed by atoms with Crippen LogP contribution in [0.25, 0.3) is 0 Å². The molecule has 2 N–H and O–H groups in total. The van der Waals surface area contributed by atoms with E-state index in [1.165, 1.54) is 13.2 Å². The zero-order chi connectivity index (χ0) is 22.6. The molecule has 0 aliphatic carbocycles. The highest BCUT2D eigenvalue weighted by atomic mass is 31.2. The van der Waals surface area contributed by atoms with Crippen LogP contribution in [0.1, 0.15) is 44.4 Å². The summed E-state index contributed by atoms with van der Waals surface area (Å²) >= 11 is 0. The lowest BCUT2D eigenvalue weighted by molar-refractivity contribution is 0.200. The first-order valence-corrected chi connectivity index (χ1v) is 11.6. The minimum absolute atomic E-state index is 0.0163. The Labute approximate surface area is 179 Å². The van der Waals surface area contributed by atoms with Crippen molar-refractivity contribution in [3.63, 3.8) is 0 Å². The van der Waals surface area contributed by atoms with Gasteiger partial charge in [0.15, 0.2) is 11.5 Å². The second kappa shape index (κ2) is 9.71. The molecule has 2 unspecified atom stereocenters. The molecule has 0 saturated carbocycles. The number of phenolic OH excluding ortho intramolecular Hbond substituents is 1. The minimum atomic E-state index is -3.72. The number of benzene rings is 1. The van der Waals surface area contributed by atoms with E-state index in [-0.39, 0.29) is 23.5 Å². The molecule has 2 rings (SSSR count). The molecule has 8 heteroatoms. The summed E-state index contributed by atoms with van der Waals surface area (Å²) in [5.41, 5.74) is 2.60. The van der Waals surface area contributed by atoms with Crippen molar-refractivity contribution in [2.45, 2.75) is 60.4 Å². The lowest BCUT2D eigenvalue weighted by Crippen LogP contribution is -2.30. The fraction of sp³-hybridized carbons (Fsp3) is 0.500. The number of aromatic hydroxyl groups is 1. The molecular weight excluding hydrogens is 403 g/mol. The number of rotatable bonds is 9. The third kappa shape index (κ3) is 5.46. The van der Waals surface area contributed by atoms with Crippen molar-refractivity contribution >= 4 is 13.4 Å². The highest BCUT2D eigenvalue weighted by molar-refractivity contribution is 7.55. The van der Waals surface area contributed by atoms with Gasteiger partial charge in [-0.3, -0.25) is 4.52 Å². The summed E-state index contributed by atoms with van der Waals surface area (Å²) in [6.45, 7) is 13.2. The standard InChI is InChI=1S/C22H33N2O5P/c1-13(2)22(24-21-17(7)15(5)9-10-23-21)30(26,28-14(3)4)29-18-11-16(6)20(25)19(12-18)27-8/h9-14,22,25H,1-8H3,(H,23,24). The molecule has 0 spiro atoms. The quantitative estimate of drug-likeness (QED) is 0.479. The molecule has 7 nitrogen and oxygen atoms in total. The Morgan fingerprint density at radius 2 is 1.77 bits per heavy atom. The molecule has 30 heavy (non-hydrogen) atoms. The molecule has 1 aromatic heterocycles. The number of methoxy groups -OCH3 is 1. The smallest absolute Gasteiger partial charge is 0.401 e. The molecule has 0 fully saturated rings. The Morgan fingerprint density at radius 3 is 2.33 bits per heavy atom. The average molecular weight is 436 g/mol. The zero-order valence-corrected chi connectivity index (χ0v) is 19.9. The van der Waals surface area contributed by atoms with Crippen molar-refractivity contribution in [3.8, 4) is 17.2 Å². The number of phenols is 1. The van der Waals surface area contributed by atoms with Crippen molar-refractivity contribution in [3.05, 3.63) is 41.1 Å². The third-order valence-corrected chi connectivity index (χ3v) is 7.37. The van der Waals surface area contributed by atoms with Gasteiger partial charge in [0, 0.05) is 12.3 Å². The van der Waals surface area contributed by atoms with Gasteiger partial charge < -0.3 is 19.7 Å². The van der Waals surface area contributed by atoms with Gasteiger partial charge in [-0.2, -0.15) is 0 Å². The SMILES string of the molecule is COc1cc(OP(=O)(OC(C)C)C(Nc2nccc(C)c2C)C(C)C)cc(C)c1O. The van der Waals surface area contributed by atoms with Crippen LogP contribution in [0.5, 0.6) is 17.2 Å². The molecule has 2 aromatic rings. The Bertz CT molecular complexity index is 930. The second-order valence-corrected chi connectivity index (χ2v) is 10.0. The fourth-order valence-electron chi connectivity index (χ4n) is 3.04. The lowest BCUT2D eigenvalue weighted by Gasteiger charge is -2.32. The topological polar surface area (TPSA) is 89.9 Å². The molecule has 0 aliphatic heterocycles. The van der Waals surface area contributed by atoms with Gasteiger partial charge >= 0.3 is 7.60 Å². The van der Waals surface area contributed by atoms with Crippen LogP contribution in [0, 0.1) is 26.7 Å². The van der Waals surface area contributed by atoms with Crippen LogP contribution in [-0.4, -0.2) is 29.1 Å². The lowest BCUT2D eigenvalue weighted by atomic mass is 10.1. The zero-order valence-electron chi connectivity index (χ0n) is 19.0. The van der Waals surface area contributed by atoms with Crippen LogP contribution >= 0.6 is 7.60 Å². The summed E-state index contributed by atoms with van der Waals surface area (Å²) in [5, 5.41) is 13.4. The van der Waals surface area contributed by atoms with Gasteiger partial charge in [-0.25, -0.2) is 9.55 Å². The summed E-state index contributed by atoms with van der Waals surface area (Å²) in [6, 6.07) is 5.05. The largest absolute Gasteiger partial charge is 0.504 e. The fourth-order valence-corrected chi connectivity index (χ4v) is 5.32. The van der Waals surface area contributed by atoms with Gasteiger partial charge in [0.2, 0.25) is 0 Å². The summed E-state index contributed by atoms with van der Waals surface area (Å²) in [4.78, 5) is 4.42. The van der Waals surface area contributed by atoms with Crippen LogP contribution in [0.2, 0.25) is 0 Å². The number of hydrogen-bond donors (Lipinski definition) is 2. The van der Waals surface area contributed by atoms with Gasteiger partial charge in [0.1, 0.15) is 17.4 Å². The van der Waals surface area contributed by atoms with E-state index in [4.69, 9.17) is 13.8 Å². The summed E-state index contributed by atoms with van der Waals surface area (Å²) in [7, 11) is -2.27. The van der Waals surface area contributed by atoms with E-state index in [0.717, 1.165) is 11.1 Å². The Hall–Kier alpha value is -2.24. The maximum Gasteiger partial charge on any atom is 0.401 e. The van der Waals surface area contributed by atoms with Crippen molar-refractivity contribution in [2.75, 3.05) is 12.4 Å². The number of ether oxygens (including phenoxy) is 1. The van der Waals surface area contributed by atoms with E-state index < -0.39 is 13.4 Å². The predicted molar refractivity (Wildman–Crippen MR) is 120 cm³/mol. The first-order chi connectivity index (χ1) is 14.0. The Balaban J connectivity index is 2.49. The first kappa shape index (κ1) is 24.0. The summed E-state index contributed by atoms with van der Waals surface area (Å²) in [5.74, 6) is 0.468. The van der Waals surface area contributed by atoms with Crippen molar-refractivity contribution < 1.29 is 23.5 Å². The summed E-state index contributed by atoms with van der Waals surface area (Å²) < 4.78 is 31.2. The number of anilines is 1. The van der Waals surface area contributed by atoms with Crippen LogP contribution in [-0.2, 0) is 9.09 Å². The maximum atomic E-state index is 14.1. The van der Waals surface area contributed by atoms with Gasteiger partial charge in [-0.1, -0.05) is 13.8 Å². The van der Waals surface area contributed by atoms with E-state index >= 15 is 0 Å². The molecule has 0 radical (unpaired) electrons. The molecule has 0 saturated heterocycles. The number of nitrogens with one attached hydrogen (secondary N) is 1. The number of aryl methyl sites for hydroxylation is 2. The van der Waals surface area contributed by atoms with Crippen LogP contribution in [0.3, 0.4) is 0 Å². The number of hydrogen-bond acceptors (Lipinski definition) is 7. The third-order valence-electron chi connectivity index (χ3n) is 4.78. The summed E-state index contributed by atoms with van der Waals surface area (Å²) in [6.07, 6.45) is 1.39. The minimum Gasteiger partial charge on any atom is -0.504 e. The number of aromatic nitrogens is 1. The van der Waals surface area contributed by atoms with Crippen LogP contribution in [0.15, 0.2) is 24.4 Å². The molecule has 1 heterocycles. The number of pyridine rings is 1. The van der Waals surface area contributed by atoms with Crippen molar-refractivity contribution in [1.29, 1.82) is 0 Å². The molecule has 166 valence electrons. The van der Waals surface area contributed by atoms with Gasteiger partial charge in [0.25, 0.3) is 0 Å². The van der Waals surface area contributed by atoms with Crippen LogP contribution < -0.4 is 14.6 Å². The molecule has 0 aliphatic rings. The highest BCUT2D eigenvalue weighted by Gasteiger charge is 2.41. The van der Waals surface area contributed by atoms with Gasteiger partial charge in [-0.05, 0) is 69.4 Å². The molecular formula is C22H33N2O5P.